The number of likely N-dealkylation sites (N-methyl/N-ethyl adjacent to an activating group) is 1. The summed E-state index contributed by atoms with van der Waals surface area (Å²) in [6.07, 6.45) is 2.10. The van der Waals surface area contributed by atoms with Crippen LogP contribution in [0.2, 0.25) is 0 Å². The third kappa shape index (κ3) is 5.60. The molecule has 7 nitrogen and oxygen atoms in total. The molecule has 0 saturated carbocycles. The second kappa shape index (κ2) is 10.1. The van der Waals surface area contributed by atoms with Crippen LogP contribution in [0, 0.1) is 6.92 Å². The van der Waals surface area contributed by atoms with Gasteiger partial charge < -0.3 is 14.2 Å². The Hall–Kier alpha value is -3.03. The van der Waals surface area contributed by atoms with Crippen molar-refractivity contribution in [2.45, 2.75) is 32.4 Å². The summed E-state index contributed by atoms with van der Waals surface area (Å²) in [5, 5.41) is 3.97. The Bertz CT molecular complexity index is 1020. The van der Waals surface area contributed by atoms with Gasteiger partial charge in [0.2, 0.25) is 17.6 Å². The summed E-state index contributed by atoms with van der Waals surface area (Å²) in [5.41, 5.74) is 4.59. The molecule has 1 fully saturated rings. The first kappa shape index (κ1) is 22.2. The van der Waals surface area contributed by atoms with Crippen molar-refractivity contribution in [3.05, 3.63) is 60.0 Å². The molecule has 1 amide bonds. The van der Waals surface area contributed by atoms with Gasteiger partial charge in [-0.2, -0.15) is 4.98 Å². The highest BCUT2D eigenvalue weighted by Gasteiger charge is 2.21. The Morgan fingerprint density at radius 3 is 2.19 bits per heavy atom. The zero-order valence-corrected chi connectivity index (χ0v) is 19.0. The van der Waals surface area contributed by atoms with Gasteiger partial charge in [-0.25, -0.2) is 0 Å². The number of aryl methyl sites for hydroxylation is 1. The van der Waals surface area contributed by atoms with Crippen LogP contribution >= 0.6 is 0 Å². The number of likely N-dealkylation sites (tertiary alicyclic amines) is 1. The maximum Gasteiger partial charge on any atom is 0.248 e. The molecule has 1 aliphatic rings. The van der Waals surface area contributed by atoms with E-state index >= 15 is 0 Å². The van der Waals surface area contributed by atoms with E-state index in [4.69, 9.17) is 9.26 Å². The minimum absolute atomic E-state index is 0.0204. The lowest BCUT2D eigenvalue weighted by Crippen LogP contribution is -2.38. The summed E-state index contributed by atoms with van der Waals surface area (Å²) in [5.74, 6) is 1.20. The number of piperidine rings is 1. The summed E-state index contributed by atoms with van der Waals surface area (Å²) < 4.78 is 10.8. The average Bonchev–Trinajstić information content (AvgIpc) is 3.25. The van der Waals surface area contributed by atoms with Gasteiger partial charge in [0.15, 0.2) is 0 Å². The number of carbonyl (C=O) groups is 1. The van der Waals surface area contributed by atoms with Gasteiger partial charge in [0, 0.05) is 46.2 Å². The second-order valence-corrected chi connectivity index (χ2v) is 8.49. The number of amides is 1. The van der Waals surface area contributed by atoms with Crippen LogP contribution in [0.1, 0.15) is 24.3 Å². The lowest BCUT2D eigenvalue weighted by atomic mass is 10.0. The highest BCUT2D eigenvalue weighted by molar-refractivity contribution is 5.76. The third-order valence-corrected chi connectivity index (χ3v) is 5.84. The molecule has 32 heavy (non-hydrogen) atoms. The molecular formula is C25H30N4O3. The topological polar surface area (TPSA) is 71.7 Å². The summed E-state index contributed by atoms with van der Waals surface area (Å²) in [6.45, 7) is 4.87. The zero-order valence-electron chi connectivity index (χ0n) is 19.0. The minimum Gasteiger partial charge on any atom is -0.368 e. The molecule has 0 N–H and O–H groups in total. The van der Waals surface area contributed by atoms with E-state index in [0.29, 0.717) is 11.7 Å². The van der Waals surface area contributed by atoms with Crippen molar-refractivity contribution in [3.8, 4) is 22.5 Å². The molecule has 0 bridgehead atoms. The number of benzene rings is 2. The molecule has 0 atom stereocenters. The van der Waals surface area contributed by atoms with Crippen LogP contribution < -0.4 is 0 Å². The predicted molar refractivity (Wildman–Crippen MR) is 123 cm³/mol. The van der Waals surface area contributed by atoms with Crippen LogP contribution in [0.5, 0.6) is 0 Å². The molecule has 0 unspecified atom stereocenters. The second-order valence-electron chi connectivity index (χ2n) is 8.49. The van der Waals surface area contributed by atoms with E-state index in [2.05, 4.69) is 51.4 Å². The molecule has 0 radical (unpaired) electrons. The van der Waals surface area contributed by atoms with Crippen LogP contribution in [0.4, 0.5) is 0 Å². The van der Waals surface area contributed by atoms with Gasteiger partial charge in [0.1, 0.15) is 6.61 Å². The Morgan fingerprint density at radius 1 is 1.03 bits per heavy atom. The number of hydrogen-bond acceptors (Lipinski definition) is 6. The highest BCUT2D eigenvalue weighted by atomic mass is 16.5. The van der Waals surface area contributed by atoms with Crippen LogP contribution in [-0.2, 0) is 16.1 Å². The van der Waals surface area contributed by atoms with Crippen molar-refractivity contribution in [3.63, 3.8) is 0 Å². The van der Waals surface area contributed by atoms with Gasteiger partial charge >= 0.3 is 0 Å². The molecular weight excluding hydrogens is 404 g/mol. The normalized spacial score (nSPS) is 15.1. The SMILES string of the molecule is Cc1nc(-c2ccc(-c3ccc(CN4CCC(OCC(=O)N(C)C)CC4)cc3)cc2)no1. The summed E-state index contributed by atoms with van der Waals surface area (Å²) in [7, 11) is 3.51. The summed E-state index contributed by atoms with van der Waals surface area (Å²) in [6, 6.07) is 17.0. The molecule has 0 spiro atoms. The lowest BCUT2D eigenvalue weighted by molar-refractivity contribution is -0.136. The molecule has 0 aliphatic carbocycles. The molecule has 168 valence electrons. The number of ether oxygens (including phenoxy) is 1. The van der Waals surface area contributed by atoms with Crippen molar-refractivity contribution >= 4 is 5.91 Å². The Kier molecular flexibility index (Phi) is 6.97. The van der Waals surface area contributed by atoms with Crippen LogP contribution in [0.3, 0.4) is 0 Å². The minimum atomic E-state index is 0.0204. The van der Waals surface area contributed by atoms with E-state index in [1.54, 1.807) is 25.9 Å². The molecule has 2 aromatic carbocycles. The van der Waals surface area contributed by atoms with Crippen LogP contribution in [0.15, 0.2) is 53.1 Å². The van der Waals surface area contributed by atoms with Crippen LogP contribution in [-0.4, -0.2) is 65.7 Å². The quantitative estimate of drug-likeness (QED) is 0.564. The fourth-order valence-electron chi connectivity index (χ4n) is 3.84. The van der Waals surface area contributed by atoms with Crippen molar-refractivity contribution < 1.29 is 14.1 Å². The van der Waals surface area contributed by atoms with Crippen LogP contribution in [0.25, 0.3) is 22.5 Å². The van der Waals surface area contributed by atoms with Gasteiger partial charge in [-0.15, -0.1) is 0 Å². The molecule has 7 heteroatoms. The number of hydrogen-bond donors (Lipinski definition) is 0. The fourth-order valence-corrected chi connectivity index (χ4v) is 3.84. The van der Waals surface area contributed by atoms with E-state index in [-0.39, 0.29) is 18.6 Å². The third-order valence-electron chi connectivity index (χ3n) is 5.84. The maximum absolute atomic E-state index is 11.7. The smallest absolute Gasteiger partial charge is 0.248 e. The zero-order chi connectivity index (χ0) is 22.5. The summed E-state index contributed by atoms with van der Waals surface area (Å²) >= 11 is 0. The monoisotopic (exact) mass is 434 g/mol. The molecule has 4 rings (SSSR count). The maximum atomic E-state index is 11.7. The lowest BCUT2D eigenvalue weighted by Gasteiger charge is -2.32. The Balaban J connectivity index is 1.28. The fraction of sp³-hybridized carbons (Fsp3) is 0.400. The predicted octanol–water partition coefficient (Wildman–Crippen LogP) is 3.78. The van der Waals surface area contributed by atoms with E-state index in [1.165, 1.54) is 11.1 Å². The number of aromatic nitrogens is 2. The van der Waals surface area contributed by atoms with Gasteiger partial charge in [0.25, 0.3) is 0 Å². The number of carbonyl (C=O) groups excluding carboxylic acids is 1. The first-order chi connectivity index (χ1) is 15.5. The molecule has 1 aliphatic heterocycles. The Labute approximate surface area is 189 Å². The molecule has 1 saturated heterocycles. The van der Waals surface area contributed by atoms with Gasteiger partial charge in [0.05, 0.1) is 6.10 Å². The van der Waals surface area contributed by atoms with Gasteiger partial charge in [-0.05, 0) is 29.5 Å². The number of rotatable bonds is 7. The van der Waals surface area contributed by atoms with Crippen molar-refractivity contribution in [1.29, 1.82) is 0 Å². The first-order valence-electron chi connectivity index (χ1n) is 11.0. The van der Waals surface area contributed by atoms with E-state index in [1.807, 2.05) is 12.1 Å². The molecule has 3 aromatic rings. The Morgan fingerprint density at radius 2 is 1.62 bits per heavy atom. The average molecular weight is 435 g/mol. The van der Waals surface area contributed by atoms with E-state index in [0.717, 1.165) is 43.6 Å². The number of nitrogens with zero attached hydrogens (tertiary/aromatic N) is 4. The molecule has 1 aromatic heterocycles. The van der Waals surface area contributed by atoms with Crippen molar-refractivity contribution in [2.24, 2.45) is 0 Å². The van der Waals surface area contributed by atoms with Gasteiger partial charge in [-0.3, -0.25) is 9.69 Å². The summed E-state index contributed by atoms with van der Waals surface area (Å²) in [4.78, 5) is 20.0. The largest absolute Gasteiger partial charge is 0.368 e. The van der Waals surface area contributed by atoms with Crippen molar-refractivity contribution in [2.75, 3.05) is 33.8 Å². The van der Waals surface area contributed by atoms with Gasteiger partial charge in [-0.1, -0.05) is 53.7 Å². The standard InChI is InChI=1S/C25H30N4O3/c1-18-26-25(27-32-18)22-10-8-21(9-11-22)20-6-4-19(5-7-20)16-29-14-12-23(13-15-29)31-17-24(30)28(2)3/h4-11,23H,12-17H2,1-3H3. The molecule has 2 heterocycles. The van der Waals surface area contributed by atoms with E-state index < -0.39 is 0 Å². The van der Waals surface area contributed by atoms with Crippen molar-refractivity contribution in [1.82, 2.24) is 19.9 Å². The van der Waals surface area contributed by atoms with E-state index in [9.17, 15) is 4.79 Å². The first-order valence-corrected chi connectivity index (χ1v) is 11.0. The highest BCUT2D eigenvalue weighted by Crippen LogP contribution is 2.24.